The van der Waals surface area contributed by atoms with Gasteiger partial charge in [-0.05, 0) is 81.9 Å². The number of anilines is 1. The molecule has 0 radical (unpaired) electrons. The summed E-state index contributed by atoms with van der Waals surface area (Å²) in [6.45, 7) is 4.76. The lowest BCUT2D eigenvalue weighted by molar-refractivity contribution is 0.0940. The molecule has 3 aromatic rings. The maximum atomic E-state index is 13.5. The number of aromatic nitrogens is 3. The number of nitroso groups, excluding NO2 is 1. The lowest BCUT2D eigenvalue weighted by atomic mass is 9.89. The van der Waals surface area contributed by atoms with Gasteiger partial charge in [-0.3, -0.25) is 4.79 Å². The van der Waals surface area contributed by atoms with Crippen LogP contribution in [-0.4, -0.2) is 32.8 Å². The molecule has 1 saturated carbocycles. The lowest BCUT2D eigenvalue weighted by Crippen LogP contribution is -2.31. The fraction of sp³-hybridized carbons (Fsp3) is 0.519. The molecule has 1 atom stereocenters. The van der Waals surface area contributed by atoms with Crippen LogP contribution in [-0.2, 0) is 19.4 Å². The van der Waals surface area contributed by atoms with Crippen LogP contribution < -0.4 is 10.6 Å². The van der Waals surface area contributed by atoms with E-state index >= 15 is 0 Å². The van der Waals surface area contributed by atoms with Crippen molar-refractivity contribution in [3.8, 4) is 0 Å². The Hall–Kier alpha value is -3.29. The van der Waals surface area contributed by atoms with Crippen molar-refractivity contribution in [2.45, 2.75) is 89.9 Å². The molecular formula is C27H34N6O2. The highest BCUT2D eigenvalue weighted by Gasteiger charge is 2.26. The van der Waals surface area contributed by atoms with Crippen LogP contribution in [0.15, 0.2) is 35.8 Å². The van der Waals surface area contributed by atoms with Crippen molar-refractivity contribution in [2.75, 3.05) is 5.32 Å². The summed E-state index contributed by atoms with van der Waals surface area (Å²) in [6, 6.07) is 6.56. The number of hydrogen-bond acceptors (Lipinski definition) is 6. The van der Waals surface area contributed by atoms with Crippen LogP contribution in [0.5, 0.6) is 0 Å². The number of nitrogens with one attached hydrogen (secondary N) is 2. The monoisotopic (exact) mass is 474 g/mol. The molecule has 8 heteroatoms. The Morgan fingerprint density at radius 1 is 1.14 bits per heavy atom. The molecule has 2 aromatic heterocycles. The summed E-state index contributed by atoms with van der Waals surface area (Å²) in [4.78, 5) is 29.1. The molecule has 1 aromatic carbocycles. The van der Waals surface area contributed by atoms with Gasteiger partial charge in [0.15, 0.2) is 5.65 Å². The molecule has 8 nitrogen and oxygen atoms in total. The van der Waals surface area contributed by atoms with E-state index in [1.807, 2.05) is 18.5 Å². The average molecular weight is 475 g/mol. The zero-order chi connectivity index (χ0) is 24.4. The molecule has 0 bridgehead atoms. The average Bonchev–Trinajstić information content (AvgIpc) is 3.32. The largest absolute Gasteiger partial charge is 0.381 e. The van der Waals surface area contributed by atoms with Crippen molar-refractivity contribution in [1.82, 2.24) is 20.1 Å². The van der Waals surface area contributed by atoms with Gasteiger partial charge in [-0.15, -0.1) is 0 Å². The van der Waals surface area contributed by atoms with E-state index in [2.05, 4.69) is 44.1 Å². The van der Waals surface area contributed by atoms with Crippen LogP contribution in [0.2, 0.25) is 0 Å². The third-order valence-corrected chi connectivity index (χ3v) is 7.62. The molecule has 1 amide bonds. The van der Waals surface area contributed by atoms with E-state index in [1.54, 1.807) is 12.4 Å². The van der Waals surface area contributed by atoms with E-state index in [1.165, 1.54) is 24.0 Å². The predicted octanol–water partition coefficient (Wildman–Crippen LogP) is 5.31. The van der Waals surface area contributed by atoms with Crippen LogP contribution >= 0.6 is 0 Å². The minimum absolute atomic E-state index is 0.103. The first-order chi connectivity index (χ1) is 17.1. The van der Waals surface area contributed by atoms with Crippen LogP contribution in [0.4, 0.5) is 5.69 Å². The topological polar surface area (TPSA) is 101 Å². The number of hydrogen-bond donors (Lipinski definition) is 2. The van der Waals surface area contributed by atoms with Gasteiger partial charge in [0.2, 0.25) is 0 Å². The van der Waals surface area contributed by atoms with Gasteiger partial charge in [-0.1, -0.05) is 23.4 Å². The Labute approximate surface area is 205 Å². The van der Waals surface area contributed by atoms with E-state index in [4.69, 9.17) is 0 Å². The molecule has 1 unspecified atom stereocenters. The highest BCUT2D eigenvalue weighted by Crippen LogP contribution is 2.31. The van der Waals surface area contributed by atoms with Crippen molar-refractivity contribution in [3.63, 3.8) is 0 Å². The van der Waals surface area contributed by atoms with Gasteiger partial charge < -0.3 is 10.6 Å². The minimum Gasteiger partial charge on any atom is -0.381 e. The maximum Gasteiger partial charge on any atom is 0.255 e. The smallest absolute Gasteiger partial charge is 0.255 e. The van der Waals surface area contributed by atoms with Gasteiger partial charge in [-0.25, -0.2) is 9.67 Å². The fourth-order valence-electron chi connectivity index (χ4n) is 5.50. The molecule has 2 N–H and O–H groups in total. The van der Waals surface area contributed by atoms with Gasteiger partial charge in [0.05, 0.1) is 34.9 Å². The summed E-state index contributed by atoms with van der Waals surface area (Å²) in [5.41, 5.74) is 6.03. The number of benzene rings is 1. The molecular weight excluding hydrogens is 440 g/mol. The molecule has 1 fully saturated rings. The predicted molar refractivity (Wildman–Crippen MR) is 138 cm³/mol. The van der Waals surface area contributed by atoms with Gasteiger partial charge in [0.1, 0.15) is 0 Å². The minimum atomic E-state index is -0.153. The highest BCUT2D eigenvalue weighted by atomic mass is 16.3. The van der Waals surface area contributed by atoms with Gasteiger partial charge in [-0.2, -0.15) is 10.0 Å². The Morgan fingerprint density at radius 2 is 1.91 bits per heavy atom. The summed E-state index contributed by atoms with van der Waals surface area (Å²) in [5, 5.41) is 15.3. The normalized spacial score (nSPS) is 20.7. The molecule has 5 rings (SSSR count). The molecule has 184 valence electrons. The summed E-state index contributed by atoms with van der Waals surface area (Å²) in [5.74, 6) is -0.153. The van der Waals surface area contributed by atoms with E-state index in [9.17, 15) is 9.70 Å². The summed E-state index contributed by atoms with van der Waals surface area (Å²) >= 11 is 0. The van der Waals surface area contributed by atoms with Gasteiger partial charge in [0, 0.05) is 18.8 Å². The first-order valence-corrected chi connectivity index (χ1v) is 12.9. The molecule has 0 spiro atoms. The number of pyridine rings is 1. The standard InChI is InChI=1S/C27H34N6O2/c1-3-33-26-23(16-29-33)25(31-21-10-12-22(32-35)13-11-21)24(15-28-26)27(34)30-17(2)19-9-8-18-6-4-5-7-20(18)14-19/h8-9,14-17,21-22H,3-7,10-13H2,1-2H3,(H,28,31)(H,30,34). The highest BCUT2D eigenvalue weighted by molar-refractivity contribution is 6.06. The zero-order valence-corrected chi connectivity index (χ0v) is 20.6. The molecule has 2 aliphatic carbocycles. The Balaban J connectivity index is 1.41. The number of fused-ring (bicyclic) bond motifs is 2. The second-order valence-electron chi connectivity index (χ2n) is 9.93. The van der Waals surface area contributed by atoms with E-state index in [-0.39, 0.29) is 24.0 Å². The Kier molecular flexibility index (Phi) is 6.79. The van der Waals surface area contributed by atoms with E-state index in [0.717, 1.165) is 60.8 Å². The van der Waals surface area contributed by atoms with Gasteiger partial charge in [0.25, 0.3) is 5.91 Å². The third-order valence-electron chi connectivity index (χ3n) is 7.62. The SMILES string of the molecule is CCn1ncc2c(NC3CCC(N=O)CC3)c(C(=O)NC(C)c3ccc4c(c3)CCCC4)cnc21. The van der Waals surface area contributed by atoms with Crippen LogP contribution in [0.3, 0.4) is 0 Å². The van der Waals surface area contributed by atoms with E-state index in [0.29, 0.717) is 12.1 Å². The van der Waals surface area contributed by atoms with Gasteiger partial charge >= 0.3 is 0 Å². The number of rotatable bonds is 7. The van der Waals surface area contributed by atoms with Crippen molar-refractivity contribution in [1.29, 1.82) is 0 Å². The number of amides is 1. The molecule has 35 heavy (non-hydrogen) atoms. The van der Waals surface area contributed by atoms with E-state index < -0.39 is 0 Å². The summed E-state index contributed by atoms with van der Waals surface area (Å²) < 4.78 is 1.84. The lowest BCUT2D eigenvalue weighted by Gasteiger charge is -2.27. The number of carbonyl (C=O) groups excluding carboxylic acids is 1. The maximum absolute atomic E-state index is 13.5. The fourth-order valence-corrected chi connectivity index (χ4v) is 5.50. The summed E-state index contributed by atoms with van der Waals surface area (Å²) in [6.07, 6.45) is 11.4. The van der Waals surface area contributed by atoms with Crippen LogP contribution in [0, 0.1) is 4.91 Å². The zero-order valence-electron chi connectivity index (χ0n) is 20.6. The quantitative estimate of drug-likeness (QED) is 0.452. The third kappa shape index (κ3) is 4.79. The van der Waals surface area contributed by atoms with Crippen molar-refractivity contribution < 1.29 is 4.79 Å². The Morgan fingerprint density at radius 3 is 2.66 bits per heavy atom. The first-order valence-electron chi connectivity index (χ1n) is 12.9. The number of carbonyl (C=O) groups is 1. The second kappa shape index (κ2) is 10.1. The first kappa shape index (κ1) is 23.5. The van der Waals surface area contributed by atoms with Crippen molar-refractivity contribution in [2.24, 2.45) is 5.18 Å². The van der Waals surface area contributed by atoms with Crippen molar-refractivity contribution in [3.05, 3.63) is 57.8 Å². The summed E-state index contributed by atoms with van der Waals surface area (Å²) in [7, 11) is 0. The van der Waals surface area contributed by atoms with Crippen LogP contribution in [0.1, 0.15) is 85.5 Å². The Bertz CT molecular complexity index is 1230. The molecule has 0 aliphatic heterocycles. The van der Waals surface area contributed by atoms with Crippen molar-refractivity contribution >= 4 is 22.6 Å². The molecule has 2 aliphatic rings. The second-order valence-corrected chi connectivity index (χ2v) is 9.93. The van der Waals surface area contributed by atoms with Crippen LogP contribution in [0.25, 0.3) is 11.0 Å². The number of nitrogens with zero attached hydrogens (tertiary/aromatic N) is 4. The number of aryl methyl sites for hydroxylation is 3. The molecule has 2 heterocycles. The molecule has 0 saturated heterocycles.